The SMILES string of the molecule is CC(C)(C)OC(=O)n1c(=O)n(CCc2ccccc2)c(=O)n1C(=O)OC(C)(C)C. The van der Waals surface area contributed by atoms with Crippen LogP contribution in [0.3, 0.4) is 0 Å². The minimum absolute atomic E-state index is 0.0136. The first-order valence-electron chi connectivity index (χ1n) is 9.26. The lowest BCUT2D eigenvalue weighted by atomic mass is 10.1. The molecule has 1 heterocycles. The van der Waals surface area contributed by atoms with E-state index in [9.17, 15) is 19.2 Å². The van der Waals surface area contributed by atoms with Crippen LogP contribution in [0.25, 0.3) is 0 Å². The Hall–Kier alpha value is -3.10. The van der Waals surface area contributed by atoms with Crippen LogP contribution in [-0.2, 0) is 22.4 Å². The van der Waals surface area contributed by atoms with Gasteiger partial charge in [-0.3, -0.25) is 0 Å². The fourth-order valence-electron chi connectivity index (χ4n) is 2.49. The molecule has 1 aromatic carbocycles. The van der Waals surface area contributed by atoms with Gasteiger partial charge >= 0.3 is 23.6 Å². The van der Waals surface area contributed by atoms with Crippen LogP contribution in [0.4, 0.5) is 9.59 Å². The van der Waals surface area contributed by atoms with E-state index in [2.05, 4.69) is 0 Å². The summed E-state index contributed by atoms with van der Waals surface area (Å²) in [7, 11) is 0. The molecular weight excluding hydrogens is 378 g/mol. The van der Waals surface area contributed by atoms with E-state index >= 15 is 0 Å². The van der Waals surface area contributed by atoms with Crippen molar-refractivity contribution in [3.63, 3.8) is 0 Å². The van der Waals surface area contributed by atoms with Gasteiger partial charge in [0.15, 0.2) is 0 Å². The second-order valence-electron chi connectivity index (χ2n) is 8.54. The molecular formula is C20H27N3O6. The Bertz CT molecular complexity index is 941. The van der Waals surface area contributed by atoms with Crippen molar-refractivity contribution in [3.05, 3.63) is 56.9 Å². The average Bonchev–Trinajstić information content (AvgIpc) is 2.81. The lowest BCUT2D eigenvalue weighted by Crippen LogP contribution is -2.42. The second-order valence-corrected chi connectivity index (χ2v) is 8.54. The van der Waals surface area contributed by atoms with Crippen LogP contribution < -0.4 is 11.4 Å². The van der Waals surface area contributed by atoms with Gasteiger partial charge in [-0.2, -0.15) is 0 Å². The van der Waals surface area contributed by atoms with Gasteiger partial charge in [0.05, 0.1) is 0 Å². The fourth-order valence-corrected chi connectivity index (χ4v) is 2.49. The lowest BCUT2D eigenvalue weighted by Gasteiger charge is -2.21. The van der Waals surface area contributed by atoms with Gasteiger partial charge in [0.2, 0.25) is 0 Å². The number of carbonyl (C=O) groups is 2. The first kappa shape index (κ1) is 22.2. The third-order valence-corrected chi connectivity index (χ3v) is 3.62. The predicted octanol–water partition coefficient (Wildman–Crippen LogP) is 2.62. The largest absolute Gasteiger partial charge is 0.442 e. The minimum Gasteiger partial charge on any atom is -0.442 e. The summed E-state index contributed by atoms with van der Waals surface area (Å²) < 4.78 is 12.0. The molecule has 0 spiro atoms. The van der Waals surface area contributed by atoms with E-state index in [0.717, 1.165) is 10.1 Å². The summed E-state index contributed by atoms with van der Waals surface area (Å²) in [5.74, 6) is 0. The maximum Gasteiger partial charge on any atom is 0.438 e. The molecule has 9 heteroatoms. The Morgan fingerprint density at radius 1 is 0.793 bits per heavy atom. The summed E-state index contributed by atoms with van der Waals surface area (Å²) in [5.41, 5.74) is -2.90. The smallest absolute Gasteiger partial charge is 0.438 e. The van der Waals surface area contributed by atoms with Crippen molar-refractivity contribution in [1.29, 1.82) is 0 Å². The maximum atomic E-state index is 12.8. The Labute approximate surface area is 168 Å². The number of hydrogen-bond donors (Lipinski definition) is 0. The standard InChI is InChI=1S/C20H27N3O6/c1-19(2,3)28-17(26)22-15(24)21(13-12-14-10-8-7-9-11-14)16(25)23(22)18(27)29-20(4,5)6/h7-11H,12-13H2,1-6H3. The number of carbonyl (C=O) groups excluding carboxylic acids is 2. The zero-order chi connectivity index (χ0) is 22.0. The molecule has 9 nitrogen and oxygen atoms in total. The maximum absolute atomic E-state index is 12.8. The molecule has 29 heavy (non-hydrogen) atoms. The third kappa shape index (κ3) is 5.69. The molecule has 0 saturated carbocycles. The van der Waals surface area contributed by atoms with Gasteiger partial charge in [0, 0.05) is 6.54 Å². The van der Waals surface area contributed by atoms with Crippen molar-refractivity contribution < 1.29 is 19.1 Å². The molecule has 2 aromatic rings. The van der Waals surface area contributed by atoms with Crippen molar-refractivity contribution in [2.45, 2.75) is 65.7 Å². The van der Waals surface area contributed by atoms with E-state index in [0.29, 0.717) is 15.8 Å². The number of hydrogen-bond acceptors (Lipinski definition) is 6. The van der Waals surface area contributed by atoms with Crippen molar-refractivity contribution in [3.8, 4) is 0 Å². The summed E-state index contributed by atoms with van der Waals surface area (Å²) in [5, 5.41) is 0. The van der Waals surface area contributed by atoms with Crippen LogP contribution in [0.1, 0.15) is 47.1 Å². The molecule has 2 rings (SSSR count). The highest BCUT2D eigenvalue weighted by Gasteiger charge is 2.31. The van der Waals surface area contributed by atoms with E-state index in [1.54, 1.807) is 41.5 Å². The molecule has 1 aromatic heterocycles. The van der Waals surface area contributed by atoms with Crippen LogP contribution in [0.5, 0.6) is 0 Å². The molecule has 0 unspecified atom stereocenters. The highest BCUT2D eigenvalue weighted by Crippen LogP contribution is 2.10. The van der Waals surface area contributed by atoms with E-state index in [4.69, 9.17) is 9.47 Å². The molecule has 0 aliphatic heterocycles. The molecule has 0 N–H and O–H groups in total. The Kier molecular flexibility index (Phi) is 6.20. The van der Waals surface area contributed by atoms with Crippen LogP contribution in [0.15, 0.2) is 39.9 Å². The molecule has 0 aliphatic carbocycles. The first-order chi connectivity index (χ1) is 13.3. The molecule has 0 bridgehead atoms. The molecule has 0 atom stereocenters. The second kappa shape index (κ2) is 8.10. The van der Waals surface area contributed by atoms with Crippen molar-refractivity contribution >= 4 is 12.2 Å². The van der Waals surface area contributed by atoms with Gasteiger partial charge in [-0.05, 0) is 53.5 Å². The van der Waals surface area contributed by atoms with Gasteiger partial charge in [0.1, 0.15) is 11.2 Å². The predicted molar refractivity (Wildman–Crippen MR) is 106 cm³/mol. The molecule has 0 radical (unpaired) electrons. The lowest BCUT2D eigenvalue weighted by molar-refractivity contribution is 0.0357. The number of rotatable bonds is 3. The topological polar surface area (TPSA) is 102 Å². The first-order valence-corrected chi connectivity index (χ1v) is 9.26. The average molecular weight is 405 g/mol. The van der Waals surface area contributed by atoms with Gasteiger partial charge in [0.25, 0.3) is 0 Å². The summed E-state index contributed by atoms with van der Waals surface area (Å²) in [4.78, 5) is 50.8. The minimum atomic E-state index is -1.14. The number of aryl methyl sites for hydroxylation is 1. The van der Waals surface area contributed by atoms with E-state index in [1.807, 2.05) is 30.3 Å². The number of nitrogens with zero attached hydrogens (tertiary/aromatic N) is 3. The van der Waals surface area contributed by atoms with Gasteiger partial charge in [-0.25, -0.2) is 23.7 Å². The van der Waals surface area contributed by atoms with Crippen LogP contribution in [-0.4, -0.2) is 37.3 Å². The number of benzene rings is 1. The Balaban J connectivity index is 2.51. The van der Waals surface area contributed by atoms with Crippen LogP contribution in [0, 0.1) is 0 Å². The van der Waals surface area contributed by atoms with E-state index in [-0.39, 0.29) is 6.54 Å². The van der Waals surface area contributed by atoms with Crippen molar-refractivity contribution in [2.24, 2.45) is 0 Å². The molecule has 0 amide bonds. The highest BCUT2D eigenvalue weighted by atomic mass is 16.6. The third-order valence-electron chi connectivity index (χ3n) is 3.62. The van der Waals surface area contributed by atoms with E-state index < -0.39 is 34.8 Å². The summed E-state index contributed by atoms with van der Waals surface area (Å²) in [6, 6.07) is 9.22. The van der Waals surface area contributed by atoms with E-state index in [1.165, 1.54) is 0 Å². The van der Waals surface area contributed by atoms with Crippen molar-refractivity contribution in [1.82, 2.24) is 13.9 Å². The summed E-state index contributed by atoms with van der Waals surface area (Å²) >= 11 is 0. The van der Waals surface area contributed by atoms with Gasteiger partial charge in [-0.1, -0.05) is 30.3 Å². The molecule has 158 valence electrons. The Morgan fingerprint density at radius 2 is 1.21 bits per heavy atom. The molecule has 0 aliphatic rings. The quantitative estimate of drug-likeness (QED) is 0.778. The molecule has 0 saturated heterocycles. The van der Waals surface area contributed by atoms with Crippen LogP contribution >= 0.6 is 0 Å². The highest BCUT2D eigenvalue weighted by molar-refractivity contribution is 5.76. The fraction of sp³-hybridized carbons (Fsp3) is 0.500. The summed E-state index contributed by atoms with van der Waals surface area (Å²) in [6.07, 6.45) is -1.91. The monoisotopic (exact) mass is 405 g/mol. The zero-order valence-corrected chi connectivity index (χ0v) is 17.6. The zero-order valence-electron chi connectivity index (χ0n) is 17.6. The van der Waals surface area contributed by atoms with Crippen molar-refractivity contribution in [2.75, 3.05) is 0 Å². The summed E-state index contributed by atoms with van der Waals surface area (Å²) in [6.45, 7) is 9.64. The van der Waals surface area contributed by atoms with Gasteiger partial charge in [-0.15, -0.1) is 9.36 Å². The molecule has 0 fully saturated rings. The van der Waals surface area contributed by atoms with Crippen LogP contribution in [0.2, 0.25) is 0 Å². The number of aromatic nitrogens is 3. The Morgan fingerprint density at radius 3 is 1.59 bits per heavy atom. The number of ether oxygens (including phenoxy) is 2. The van der Waals surface area contributed by atoms with Gasteiger partial charge < -0.3 is 9.47 Å². The normalized spacial score (nSPS) is 11.9.